The Morgan fingerprint density at radius 3 is 1.86 bits per heavy atom. The average Bonchev–Trinajstić information content (AvgIpc) is 3.22. The standard InChI is InChI=1S/C48H75NO15/c1-29-18-16-14-12-10-8-6-7-9-11-13-15-17-19-37(63-47-45(57)43(49)30(2)32(4)62-47)27-41-38(46(58)59)22-23-48(60,64-41)28-36(52)25-40(54)39(53)21-20-34(50)24-35(51)26-42(55)61-33(5)31(3)44(29)56/h6-19,29-41,43-45,47,50-54,56-57,60H,20-28,49H2,1-5H3,(H,58,59)/b7-6+,10-8+,11-9+,14-12+,15-13+,18-16+,19-17+/t29-,30?,31-,32?,33-,34+,35?,36?,37-,38+,39+,40?,41?,43?,44+,45?,47?,48-/m0/s1. The van der Waals surface area contributed by atoms with Gasteiger partial charge in [0.15, 0.2) is 12.1 Å². The topological polar surface area (TPSA) is 279 Å². The van der Waals surface area contributed by atoms with Gasteiger partial charge in [-0.15, -0.1) is 0 Å². The number of esters is 1. The molecule has 0 spiro atoms. The molecular weight excluding hydrogens is 831 g/mol. The maximum Gasteiger partial charge on any atom is 0.309 e. The van der Waals surface area contributed by atoms with Crippen molar-refractivity contribution in [2.24, 2.45) is 29.4 Å². The number of carbonyl (C=O) groups is 2. The first kappa shape index (κ1) is 55.0. The Bertz CT molecular complexity index is 1630. The van der Waals surface area contributed by atoms with Crippen LogP contribution in [-0.4, -0.2) is 143 Å². The molecule has 2 fully saturated rings. The van der Waals surface area contributed by atoms with Crippen LogP contribution in [0.25, 0.3) is 0 Å². The summed E-state index contributed by atoms with van der Waals surface area (Å²) >= 11 is 0. The van der Waals surface area contributed by atoms with E-state index in [0.29, 0.717) is 0 Å². The summed E-state index contributed by atoms with van der Waals surface area (Å²) in [5, 5.41) is 97.0. The van der Waals surface area contributed by atoms with Gasteiger partial charge in [0.05, 0.1) is 67.3 Å². The summed E-state index contributed by atoms with van der Waals surface area (Å²) < 4.78 is 23.7. The smallest absolute Gasteiger partial charge is 0.309 e. The molecule has 64 heavy (non-hydrogen) atoms. The third kappa shape index (κ3) is 18.5. The summed E-state index contributed by atoms with van der Waals surface area (Å²) in [7, 11) is 0. The summed E-state index contributed by atoms with van der Waals surface area (Å²) in [6.45, 7) is 8.93. The van der Waals surface area contributed by atoms with Crippen LogP contribution in [0.3, 0.4) is 0 Å². The minimum Gasteiger partial charge on any atom is -0.481 e. The van der Waals surface area contributed by atoms with Crippen LogP contribution >= 0.6 is 0 Å². The van der Waals surface area contributed by atoms with Gasteiger partial charge in [0.2, 0.25) is 0 Å². The van der Waals surface area contributed by atoms with Gasteiger partial charge in [0.1, 0.15) is 12.2 Å². The van der Waals surface area contributed by atoms with Crippen LogP contribution in [0.2, 0.25) is 0 Å². The van der Waals surface area contributed by atoms with E-state index in [9.17, 15) is 55.5 Å². The molecule has 0 aromatic heterocycles. The van der Waals surface area contributed by atoms with Gasteiger partial charge in [0, 0.05) is 43.6 Å². The average molecular weight is 906 g/mol. The van der Waals surface area contributed by atoms with E-state index in [0.717, 1.165) is 0 Å². The van der Waals surface area contributed by atoms with E-state index >= 15 is 0 Å². The molecule has 362 valence electrons. The number of rotatable bonds is 3. The van der Waals surface area contributed by atoms with Crippen LogP contribution in [0.5, 0.6) is 0 Å². The molecular formula is C48H75NO15. The second-order valence-electron chi connectivity index (χ2n) is 17.8. The van der Waals surface area contributed by atoms with Crippen LogP contribution in [0, 0.1) is 23.7 Å². The lowest BCUT2D eigenvalue weighted by Crippen LogP contribution is -2.58. The first-order valence-electron chi connectivity index (χ1n) is 22.5. The summed E-state index contributed by atoms with van der Waals surface area (Å²) in [6, 6.07) is -0.659. The number of hydrogen-bond acceptors (Lipinski definition) is 15. The van der Waals surface area contributed by atoms with E-state index in [-0.39, 0.29) is 56.5 Å². The van der Waals surface area contributed by atoms with Crippen molar-refractivity contribution in [3.63, 3.8) is 0 Å². The second-order valence-corrected chi connectivity index (χ2v) is 17.8. The Kier molecular flexibility index (Phi) is 23.5. The number of carboxylic acid groups (broad SMARTS) is 1. The lowest BCUT2D eigenvalue weighted by Gasteiger charge is -2.44. The SMILES string of the molecule is CC1OC(O[C@H]2/C=C/C=C/C=C/C=C/C=C/C=C/C=C/[C@H](C)[C@@H](O)[C@@H](C)[C@H](C)OC(=O)CC(O)C[C@H](O)CC[C@@H](O)C(O)CC(O)C[C@]3(O)CC[C@@H](C(=O)O)C(C2)O3)C(O)C(N)C1C. The van der Waals surface area contributed by atoms with Gasteiger partial charge in [0.25, 0.3) is 0 Å². The van der Waals surface area contributed by atoms with Gasteiger partial charge < -0.3 is 70.6 Å². The molecule has 11 N–H and O–H groups in total. The van der Waals surface area contributed by atoms with Crippen LogP contribution in [0.15, 0.2) is 85.1 Å². The number of aliphatic hydroxyl groups excluding tert-OH is 7. The maximum atomic E-state index is 12.6. The third-order valence-corrected chi connectivity index (χ3v) is 12.5. The van der Waals surface area contributed by atoms with Crippen molar-refractivity contribution < 1.29 is 74.5 Å². The number of ether oxygens (including phenoxy) is 4. The van der Waals surface area contributed by atoms with Gasteiger partial charge in [-0.2, -0.15) is 0 Å². The van der Waals surface area contributed by atoms with Crippen molar-refractivity contribution in [3.8, 4) is 0 Å². The van der Waals surface area contributed by atoms with Gasteiger partial charge in [-0.3, -0.25) is 9.59 Å². The quantitative estimate of drug-likeness (QED) is 0.182. The van der Waals surface area contributed by atoms with Crippen LogP contribution < -0.4 is 5.73 Å². The van der Waals surface area contributed by atoms with Gasteiger partial charge in [-0.25, -0.2) is 0 Å². The Morgan fingerprint density at radius 1 is 0.688 bits per heavy atom. The molecule has 0 radical (unpaired) electrons. The van der Waals surface area contributed by atoms with E-state index < -0.39 is 122 Å². The molecule has 3 rings (SSSR count). The first-order chi connectivity index (χ1) is 30.2. The zero-order valence-corrected chi connectivity index (χ0v) is 37.8. The molecule has 0 amide bonds. The van der Waals surface area contributed by atoms with Gasteiger partial charge in [-0.05, 0) is 45.4 Å². The Morgan fingerprint density at radius 2 is 1.27 bits per heavy atom. The van der Waals surface area contributed by atoms with Crippen molar-refractivity contribution in [2.45, 2.75) is 178 Å². The highest BCUT2D eigenvalue weighted by molar-refractivity contribution is 5.71. The van der Waals surface area contributed by atoms with Crippen LogP contribution in [0.4, 0.5) is 0 Å². The van der Waals surface area contributed by atoms with Gasteiger partial charge >= 0.3 is 11.9 Å². The molecule has 18 atom stereocenters. The number of carbonyl (C=O) groups excluding carboxylic acids is 1. The zero-order chi connectivity index (χ0) is 47.6. The van der Waals surface area contributed by atoms with Crippen LogP contribution in [-0.2, 0) is 28.5 Å². The fraction of sp³-hybridized carbons (Fsp3) is 0.667. The molecule has 3 heterocycles. The number of hydrogen-bond donors (Lipinski definition) is 10. The molecule has 9 unspecified atom stereocenters. The normalized spacial score (nSPS) is 44.8. The lowest BCUT2D eigenvalue weighted by molar-refractivity contribution is -0.292. The number of cyclic esters (lactones) is 1. The predicted octanol–water partition coefficient (Wildman–Crippen LogP) is 3.02. The summed E-state index contributed by atoms with van der Waals surface area (Å²) in [5.74, 6) is -5.83. The lowest BCUT2D eigenvalue weighted by atomic mass is 9.85. The molecule has 2 saturated heterocycles. The molecule has 0 aromatic rings. The summed E-state index contributed by atoms with van der Waals surface area (Å²) in [4.78, 5) is 25.1. The Hall–Kier alpha value is -3.36. The Balaban J connectivity index is 1.83. The van der Waals surface area contributed by atoms with Crippen molar-refractivity contribution in [1.29, 1.82) is 0 Å². The fourth-order valence-corrected chi connectivity index (χ4v) is 8.00. The second kappa shape index (κ2) is 27.3. The molecule has 0 aliphatic carbocycles. The van der Waals surface area contributed by atoms with E-state index in [1.54, 1.807) is 44.2 Å². The maximum absolute atomic E-state index is 12.6. The first-order valence-corrected chi connectivity index (χ1v) is 22.5. The number of nitrogens with two attached hydrogens (primary N) is 1. The molecule has 0 aromatic carbocycles. The van der Waals surface area contributed by atoms with E-state index in [2.05, 4.69) is 0 Å². The molecule has 3 aliphatic rings. The minimum absolute atomic E-state index is 0.0183. The largest absolute Gasteiger partial charge is 0.481 e. The molecule has 16 nitrogen and oxygen atoms in total. The fourth-order valence-electron chi connectivity index (χ4n) is 8.00. The highest BCUT2D eigenvalue weighted by atomic mass is 16.7. The Labute approximate surface area is 377 Å². The van der Waals surface area contributed by atoms with E-state index in [1.807, 2.05) is 75.5 Å². The molecule has 3 aliphatic heterocycles. The predicted molar refractivity (Wildman–Crippen MR) is 239 cm³/mol. The number of allylic oxidation sites excluding steroid dienone is 12. The molecule has 0 saturated carbocycles. The zero-order valence-electron chi connectivity index (χ0n) is 37.8. The highest BCUT2D eigenvalue weighted by Gasteiger charge is 2.46. The van der Waals surface area contributed by atoms with E-state index in [1.165, 1.54) is 0 Å². The number of carboxylic acids is 1. The number of aliphatic carboxylic acids is 1. The van der Waals surface area contributed by atoms with Crippen molar-refractivity contribution in [3.05, 3.63) is 85.1 Å². The monoisotopic (exact) mass is 906 g/mol. The van der Waals surface area contributed by atoms with Crippen LogP contribution in [0.1, 0.15) is 92.4 Å². The molecule has 16 heteroatoms. The third-order valence-electron chi connectivity index (χ3n) is 12.5. The van der Waals surface area contributed by atoms with E-state index in [4.69, 9.17) is 24.7 Å². The molecule has 2 bridgehead atoms. The highest BCUT2D eigenvalue weighted by Crippen LogP contribution is 2.38. The van der Waals surface area contributed by atoms with Crippen molar-refractivity contribution in [1.82, 2.24) is 0 Å². The van der Waals surface area contributed by atoms with Gasteiger partial charge in [-0.1, -0.05) is 106 Å². The van der Waals surface area contributed by atoms with Crippen molar-refractivity contribution >= 4 is 11.9 Å². The van der Waals surface area contributed by atoms with Crippen molar-refractivity contribution in [2.75, 3.05) is 0 Å². The number of fused-ring (bicyclic) bond motifs is 2. The summed E-state index contributed by atoms with van der Waals surface area (Å²) in [5.41, 5.74) is 6.28. The minimum atomic E-state index is -2.01. The number of aliphatic hydroxyl groups is 8. The summed E-state index contributed by atoms with van der Waals surface area (Å²) in [6.07, 6.45) is 10.2.